The SMILES string of the molecule is C=C(NNC(=O)c1cccc(S(=O)(=O)N2CCOCC2)c1)c1ccco1. The van der Waals surface area contributed by atoms with Gasteiger partial charge in [0.25, 0.3) is 5.91 Å². The molecule has 0 spiro atoms. The van der Waals surface area contributed by atoms with Crippen LogP contribution in [0.25, 0.3) is 5.70 Å². The van der Waals surface area contributed by atoms with Crippen molar-refractivity contribution < 1.29 is 22.4 Å². The van der Waals surface area contributed by atoms with Gasteiger partial charge in [-0.1, -0.05) is 12.6 Å². The predicted octanol–water partition coefficient (Wildman–Crippen LogP) is 1.21. The third kappa shape index (κ3) is 3.96. The molecule has 26 heavy (non-hydrogen) atoms. The molecule has 138 valence electrons. The third-order valence-corrected chi connectivity index (χ3v) is 5.74. The number of carbonyl (C=O) groups is 1. The fourth-order valence-electron chi connectivity index (χ4n) is 2.45. The first-order valence-corrected chi connectivity index (χ1v) is 9.39. The van der Waals surface area contributed by atoms with Gasteiger partial charge in [0.15, 0.2) is 5.76 Å². The summed E-state index contributed by atoms with van der Waals surface area (Å²) in [5, 5.41) is 0. The van der Waals surface area contributed by atoms with Crippen molar-refractivity contribution in [2.24, 2.45) is 0 Å². The number of hydrazine groups is 1. The number of nitrogens with one attached hydrogen (secondary N) is 2. The molecule has 0 unspecified atom stereocenters. The predicted molar refractivity (Wildman–Crippen MR) is 94.4 cm³/mol. The fraction of sp³-hybridized carbons (Fsp3) is 0.235. The summed E-state index contributed by atoms with van der Waals surface area (Å²) in [7, 11) is -3.66. The van der Waals surface area contributed by atoms with Crippen LogP contribution in [-0.2, 0) is 14.8 Å². The number of furan rings is 1. The highest BCUT2D eigenvalue weighted by Gasteiger charge is 2.26. The molecule has 1 aromatic heterocycles. The van der Waals surface area contributed by atoms with Gasteiger partial charge in [-0.25, -0.2) is 8.42 Å². The van der Waals surface area contributed by atoms with E-state index >= 15 is 0 Å². The Morgan fingerprint density at radius 2 is 1.88 bits per heavy atom. The number of hydrogen-bond acceptors (Lipinski definition) is 6. The minimum absolute atomic E-state index is 0.0666. The Hall–Kier alpha value is -2.62. The highest BCUT2D eigenvalue weighted by molar-refractivity contribution is 7.89. The molecule has 3 rings (SSSR count). The van der Waals surface area contributed by atoms with E-state index in [4.69, 9.17) is 9.15 Å². The topological polar surface area (TPSA) is 101 Å². The summed E-state index contributed by atoms with van der Waals surface area (Å²) >= 11 is 0. The number of benzene rings is 1. The van der Waals surface area contributed by atoms with Gasteiger partial charge < -0.3 is 9.15 Å². The molecule has 0 aliphatic carbocycles. The quantitative estimate of drug-likeness (QED) is 0.734. The number of morpholine rings is 1. The summed E-state index contributed by atoms with van der Waals surface area (Å²) in [6, 6.07) is 9.27. The summed E-state index contributed by atoms with van der Waals surface area (Å²) < 4.78 is 37.1. The molecule has 0 radical (unpaired) electrons. The van der Waals surface area contributed by atoms with Gasteiger partial charge >= 0.3 is 0 Å². The van der Waals surface area contributed by atoms with E-state index in [2.05, 4.69) is 17.4 Å². The first-order valence-electron chi connectivity index (χ1n) is 7.95. The van der Waals surface area contributed by atoms with E-state index in [0.29, 0.717) is 37.8 Å². The molecular weight excluding hydrogens is 358 g/mol. The molecule has 0 bridgehead atoms. The van der Waals surface area contributed by atoms with Gasteiger partial charge in [0.2, 0.25) is 10.0 Å². The van der Waals surface area contributed by atoms with Crippen LogP contribution in [0.5, 0.6) is 0 Å². The lowest BCUT2D eigenvalue weighted by Crippen LogP contribution is -2.40. The second-order valence-corrected chi connectivity index (χ2v) is 7.52. The number of hydrogen-bond donors (Lipinski definition) is 2. The zero-order valence-electron chi connectivity index (χ0n) is 14.0. The van der Waals surface area contributed by atoms with Crippen LogP contribution in [0.4, 0.5) is 0 Å². The standard InChI is InChI=1S/C17H19N3O5S/c1-13(16-6-3-9-25-16)18-19-17(21)14-4-2-5-15(12-14)26(22,23)20-7-10-24-11-8-20/h2-6,9,12,18H,1,7-8,10-11H2,(H,19,21). The van der Waals surface area contributed by atoms with Crippen LogP contribution in [-0.4, -0.2) is 44.9 Å². The molecule has 2 heterocycles. The number of ether oxygens (including phenoxy) is 1. The van der Waals surface area contributed by atoms with Crippen LogP contribution in [0, 0.1) is 0 Å². The molecule has 1 aliphatic heterocycles. The van der Waals surface area contributed by atoms with Crippen molar-refractivity contribution in [3.63, 3.8) is 0 Å². The minimum atomic E-state index is -3.66. The van der Waals surface area contributed by atoms with E-state index in [1.165, 1.54) is 34.8 Å². The Morgan fingerprint density at radius 3 is 2.58 bits per heavy atom. The Morgan fingerprint density at radius 1 is 1.12 bits per heavy atom. The van der Waals surface area contributed by atoms with Crippen LogP contribution in [0.2, 0.25) is 0 Å². The normalized spacial score (nSPS) is 15.4. The van der Waals surface area contributed by atoms with Gasteiger partial charge in [-0.3, -0.25) is 15.6 Å². The molecule has 1 aromatic carbocycles. The lowest BCUT2D eigenvalue weighted by atomic mass is 10.2. The zero-order valence-corrected chi connectivity index (χ0v) is 14.8. The Kier molecular flexibility index (Phi) is 5.40. The first-order chi connectivity index (χ1) is 12.5. The van der Waals surface area contributed by atoms with Gasteiger partial charge in [-0.2, -0.15) is 4.31 Å². The van der Waals surface area contributed by atoms with E-state index in [9.17, 15) is 13.2 Å². The second kappa shape index (κ2) is 7.73. The molecule has 8 nitrogen and oxygen atoms in total. The first kappa shape index (κ1) is 18.2. The Balaban J connectivity index is 1.70. The molecule has 0 atom stereocenters. The largest absolute Gasteiger partial charge is 0.463 e. The summed E-state index contributed by atoms with van der Waals surface area (Å²) in [6.07, 6.45) is 1.49. The van der Waals surface area contributed by atoms with Gasteiger partial charge in [0, 0.05) is 18.7 Å². The van der Waals surface area contributed by atoms with Crippen molar-refractivity contribution in [3.8, 4) is 0 Å². The monoisotopic (exact) mass is 377 g/mol. The van der Waals surface area contributed by atoms with E-state index in [-0.39, 0.29) is 10.5 Å². The van der Waals surface area contributed by atoms with Gasteiger partial charge in [-0.05, 0) is 30.3 Å². The molecule has 1 fully saturated rings. The summed E-state index contributed by atoms with van der Waals surface area (Å²) in [4.78, 5) is 12.4. The summed E-state index contributed by atoms with van der Waals surface area (Å²) in [5.74, 6) is -0.00863. The Bertz CT molecular complexity index is 887. The van der Waals surface area contributed by atoms with Crippen molar-refractivity contribution in [1.82, 2.24) is 15.2 Å². The zero-order chi connectivity index (χ0) is 18.6. The van der Waals surface area contributed by atoms with E-state index in [1.807, 2.05) is 0 Å². The third-order valence-electron chi connectivity index (χ3n) is 3.85. The van der Waals surface area contributed by atoms with E-state index < -0.39 is 15.9 Å². The minimum Gasteiger partial charge on any atom is -0.463 e. The van der Waals surface area contributed by atoms with Crippen LogP contribution >= 0.6 is 0 Å². The van der Waals surface area contributed by atoms with Gasteiger partial charge in [-0.15, -0.1) is 0 Å². The number of carbonyl (C=O) groups excluding carboxylic acids is 1. The maximum atomic E-state index is 12.7. The van der Waals surface area contributed by atoms with Crippen molar-refractivity contribution in [3.05, 3.63) is 60.6 Å². The van der Waals surface area contributed by atoms with Gasteiger partial charge in [0.1, 0.15) is 0 Å². The summed E-state index contributed by atoms with van der Waals surface area (Å²) in [6.45, 7) is 5.06. The molecule has 0 saturated carbocycles. The van der Waals surface area contributed by atoms with Gasteiger partial charge in [0.05, 0.1) is 30.1 Å². The van der Waals surface area contributed by atoms with Crippen molar-refractivity contribution in [2.45, 2.75) is 4.90 Å². The molecule has 2 N–H and O–H groups in total. The number of amides is 1. The summed E-state index contributed by atoms with van der Waals surface area (Å²) in [5.41, 5.74) is 5.69. The van der Waals surface area contributed by atoms with Crippen LogP contribution in [0.15, 0.2) is 58.6 Å². The van der Waals surface area contributed by atoms with Crippen molar-refractivity contribution in [2.75, 3.05) is 26.3 Å². The smallest absolute Gasteiger partial charge is 0.269 e. The van der Waals surface area contributed by atoms with Crippen LogP contribution in [0.1, 0.15) is 16.1 Å². The second-order valence-electron chi connectivity index (χ2n) is 5.58. The highest BCUT2D eigenvalue weighted by atomic mass is 32.2. The lowest BCUT2D eigenvalue weighted by molar-refractivity contribution is 0.0730. The molecule has 9 heteroatoms. The molecule has 1 aliphatic rings. The molecular formula is C17H19N3O5S. The average Bonchev–Trinajstić information content (AvgIpc) is 3.21. The van der Waals surface area contributed by atoms with E-state index in [0.717, 1.165) is 0 Å². The maximum absolute atomic E-state index is 12.7. The fourth-order valence-corrected chi connectivity index (χ4v) is 3.90. The molecule has 2 aromatic rings. The highest BCUT2D eigenvalue weighted by Crippen LogP contribution is 2.18. The average molecular weight is 377 g/mol. The van der Waals surface area contributed by atoms with Crippen molar-refractivity contribution in [1.29, 1.82) is 0 Å². The maximum Gasteiger partial charge on any atom is 0.269 e. The number of rotatable bonds is 6. The number of sulfonamides is 1. The lowest BCUT2D eigenvalue weighted by Gasteiger charge is -2.26. The van der Waals surface area contributed by atoms with E-state index in [1.54, 1.807) is 12.1 Å². The molecule has 1 amide bonds. The van der Waals surface area contributed by atoms with Crippen LogP contribution < -0.4 is 10.9 Å². The van der Waals surface area contributed by atoms with Crippen molar-refractivity contribution >= 4 is 21.6 Å². The Labute approximate surface area is 151 Å². The molecule has 1 saturated heterocycles. The number of nitrogens with zero attached hydrogens (tertiary/aromatic N) is 1. The van der Waals surface area contributed by atoms with Crippen LogP contribution in [0.3, 0.4) is 0 Å².